The summed E-state index contributed by atoms with van der Waals surface area (Å²) in [5.74, 6) is 0.616. The van der Waals surface area contributed by atoms with Gasteiger partial charge < -0.3 is 0 Å². The third kappa shape index (κ3) is 2.34. The number of anilines is 2. The van der Waals surface area contributed by atoms with Gasteiger partial charge in [-0.3, -0.25) is 14.8 Å². The molecule has 0 bridgehead atoms. The highest BCUT2D eigenvalue weighted by Gasteiger charge is 2.37. The highest BCUT2D eigenvalue weighted by Crippen LogP contribution is 2.31. The van der Waals surface area contributed by atoms with Gasteiger partial charge in [-0.2, -0.15) is 0 Å². The second-order valence-corrected chi connectivity index (χ2v) is 5.47. The van der Waals surface area contributed by atoms with E-state index in [2.05, 4.69) is 9.97 Å². The van der Waals surface area contributed by atoms with Gasteiger partial charge in [0.2, 0.25) is 0 Å². The minimum Gasteiger partial charge on any atom is -0.288 e. The van der Waals surface area contributed by atoms with Crippen molar-refractivity contribution in [1.82, 2.24) is 9.97 Å². The molecular weight excluding hydrogens is 288 g/mol. The van der Waals surface area contributed by atoms with Gasteiger partial charge in [0.1, 0.15) is 5.82 Å². The van der Waals surface area contributed by atoms with Crippen molar-refractivity contribution in [2.45, 2.75) is 19.9 Å². The molecule has 2 amide bonds. The van der Waals surface area contributed by atoms with Gasteiger partial charge in [-0.25, -0.2) is 9.78 Å². The van der Waals surface area contributed by atoms with E-state index in [-0.39, 0.29) is 12.1 Å². The maximum absolute atomic E-state index is 12.7. The molecule has 0 unspecified atom stereocenters. The first-order chi connectivity index (χ1) is 10.1. The summed E-state index contributed by atoms with van der Waals surface area (Å²) in [6.45, 7) is 4.45. The Kier molecular flexibility index (Phi) is 3.51. The van der Waals surface area contributed by atoms with Crippen molar-refractivity contribution in [2.75, 3.05) is 16.3 Å². The summed E-state index contributed by atoms with van der Waals surface area (Å²) < 4.78 is 0. The Balaban J connectivity index is 1.97. The van der Waals surface area contributed by atoms with Crippen LogP contribution in [0.5, 0.6) is 0 Å². The normalized spacial score (nSPS) is 18.4. The van der Waals surface area contributed by atoms with Crippen molar-refractivity contribution in [2.24, 2.45) is 0 Å². The minimum atomic E-state index is -0.103. The molecule has 2 aromatic rings. The number of halogens is 1. The van der Waals surface area contributed by atoms with E-state index in [0.29, 0.717) is 17.4 Å². The van der Waals surface area contributed by atoms with Gasteiger partial charge in [-0.15, -0.1) is 0 Å². The van der Waals surface area contributed by atoms with Crippen LogP contribution < -0.4 is 9.80 Å². The molecule has 0 N–H and O–H groups in total. The average Bonchev–Trinajstić information content (AvgIpc) is 2.78. The summed E-state index contributed by atoms with van der Waals surface area (Å²) in [5.41, 5.74) is 1.60. The summed E-state index contributed by atoms with van der Waals surface area (Å²) in [6, 6.07) is 5.36. The SMILES string of the molecule is Cc1c(Cl)ccnc1N1C[C@H](C)N(c2cccnc2)C1=O. The van der Waals surface area contributed by atoms with Crippen LogP contribution in [0.25, 0.3) is 0 Å². The molecule has 0 spiro atoms. The second kappa shape index (κ2) is 5.33. The smallest absolute Gasteiger partial charge is 0.288 e. The van der Waals surface area contributed by atoms with Gasteiger partial charge in [0.05, 0.1) is 17.9 Å². The van der Waals surface area contributed by atoms with Crippen LogP contribution >= 0.6 is 11.6 Å². The quantitative estimate of drug-likeness (QED) is 0.855. The Morgan fingerprint density at radius 1 is 1.33 bits per heavy atom. The molecule has 1 fully saturated rings. The monoisotopic (exact) mass is 302 g/mol. The number of pyridine rings is 2. The van der Waals surface area contributed by atoms with E-state index in [1.165, 1.54) is 0 Å². The number of hydrogen-bond acceptors (Lipinski definition) is 3. The zero-order chi connectivity index (χ0) is 15.0. The molecular formula is C15H15ClN4O. The lowest BCUT2D eigenvalue weighted by atomic mass is 10.2. The minimum absolute atomic E-state index is 0.0434. The van der Waals surface area contributed by atoms with Gasteiger partial charge in [0, 0.05) is 29.5 Å². The Bertz CT molecular complexity index is 677. The van der Waals surface area contributed by atoms with Crippen LogP contribution in [0.3, 0.4) is 0 Å². The first-order valence-electron chi connectivity index (χ1n) is 6.71. The number of amides is 2. The molecule has 1 aliphatic rings. The first-order valence-corrected chi connectivity index (χ1v) is 7.09. The fourth-order valence-electron chi connectivity index (χ4n) is 2.55. The Morgan fingerprint density at radius 2 is 2.14 bits per heavy atom. The predicted octanol–water partition coefficient (Wildman–Crippen LogP) is 3.27. The van der Waals surface area contributed by atoms with Gasteiger partial charge in [0.15, 0.2) is 0 Å². The maximum Gasteiger partial charge on any atom is 0.330 e. The van der Waals surface area contributed by atoms with Crippen LogP contribution in [-0.2, 0) is 0 Å². The highest BCUT2D eigenvalue weighted by molar-refractivity contribution is 6.31. The number of hydrogen-bond donors (Lipinski definition) is 0. The van der Waals surface area contributed by atoms with Crippen LogP contribution in [-0.4, -0.2) is 28.6 Å². The van der Waals surface area contributed by atoms with Crippen molar-refractivity contribution in [3.05, 3.63) is 47.4 Å². The van der Waals surface area contributed by atoms with Gasteiger partial charge >= 0.3 is 6.03 Å². The van der Waals surface area contributed by atoms with E-state index in [4.69, 9.17) is 11.6 Å². The third-order valence-electron chi connectivity index (χ3n) is 3.62. The Labute approximate surface area is 128 Å². The van der Waals surface area contributed by atoms with E-state index in [1.807, 2.05) is 26.0 Å². The molecule has 6 heteroatoms. The van der Waals surface area contributed by atoms with E-state index in [1.54, 1.807) is 34.5 Å². The summed E-state index contributed by atoms with van der Waals surface area (Å²) >= 11 is 6.13. The fraction of sp³-hybridized carbons (Fsp3) is 0.267. The Hall–Kier alpha value is -2.14. The summed E-state index contributed by atoms with van der Waals surface area (Å²) in [4.78, 5) is 24.5. The number of urea groups is 1. The number of nitrogens with zero attached hydrogens (tertiary/aromatic N) is 4. The average molecular weight is 303 g/mol. The third-order valence-corrected chi connectivity index (χ3v) is 4.03. The molecule has 0 aromatic carbocycles. The van der Waals surface area contributed by atoms with Gasteiger partial charge in [0.25, 0.3) is 0 Å². The zero-order valence-electron chi connectivity index (χ0n) is 11.8. The molecule has 108 valence electrons. The summed E-state index contributed by atoms with van der Waals surface area (Å²) in [7, 11) is 0. The van der Waals surface area contributed by atoms with Crippen molar-refractivity contribution >= 4 is 29.1 Å². The molecule has 1 aliphatic heterocycles. The first kappa shape index (κ1) is 13.8. The van der Waals surface area contributed by atoms with Crippen LogP contribution in [0.4, 0.5) is 16.3 Å². The summed E-state index contributed by atoms with van der Waals surface area (Å²) in [6.07, 6.45) is 5.00. The molecule has 0 saturated carbocycles. The molecule has 21 heavy (non-hydrogen) atoms. The van der Waals surface area contributed by atoms with E-state index in [0.717, 1.165) is 11.3 Å². The Morgan fingerprint density at radius 3 is 2.86 bits per heavy atom. The number of carbonyl (C=O) groups excluding carboxylic acids is 1. The highest BCUT2D eigenvalue weighted by atomic mass is 35.5. The van der Waals surface area contributed by atoms with Crippen LogP contribution in [0, 0.1) is 6.92 Å². The van der Waals surface area contributed by atoms with Crippen LogP contribution in [0.15, 0.2) is 36.8 Å². The zero-order valence-corrected chi connectivity index (χ0v) is 12.6. The molecule has 5 nitrogen and oxygen atoms in total. The topological polar surface area (TPSA) is 49.3 Å². The van der Waals surface area contributed by atoms with E-state index in [9.17, 15) is 4.79 Å². The molecule has 3 heterocycles. The van der Waals surface area contributed by atoms with Gasteiger partial charge in [-0.05, 0) is 32.0 Å². The van der Waals surface area contributed by atoms with Gasteiger partial charge in [-0.1, -0.05) is 11.6 Å². The lowest BCUT2D eigenvalue weighted by molar-refractivity contribution is 0.255. The van der Waals surface area contributed by atoms with Crippen molar-refractivity contribution < 1.29 is 4.79 Å². The lowest BCUT2D eigenvalue weighted by Crippen LogP contribution is -2.34. The summed E-state index contributed by atoms with van der Waals surface area (Å²) in [5, 5.41) is 0.611. The molecule has 3 rings (SSSR count). The number of aromatic nitrogens is 2. The largest absolute Gasteiger partial charge is 0.330 e. The fourth-order valence-corrected chi connectivity index (χ4v) is 2.70. The second-order valence-electron chi connectivity index (χ2n) is 5.06. The predicted molar refractivity (Wildman–Crippen MR) is 82.9 cm³/mol. The van der Waals surface area contributed by atoms with Crippen LogP contribution in [0.1, 0.15) is 12.5 Å². The molecule has 2 aromatic heterocycles. The van der Waals surface area contributed by atoms with Crippen molar-refractivity contribution in [3.63, 3.8) is 0 Å². The number of rotatable bonds is 2. The van der Waals surface area contributed by atoms with Crippen molar-refractivity contribution in [3.8, 4) is 0 Å². The standard InChI is InChI=1S/C15H15ClN4O/c1-10-9-19(14-11(2)13(16)5-7-18-14)15(21)20(10)12-4-3-6-17-8-12/h3-8,10H,9H2,1-2H3/t10-/m0/s1. The van der Waals surface area contributed by atoms with E-state index < -0.39 is 0 Å². The molecule has 0 radical (unpaired) electrons. The molecule has 1 saturated heterocycles. The van der Waals surface area contributed by atoms with Crippen LogP contribution in [0.2, 0.25) is 5.02 Å². The molecule has 1 atom stereocenters. The van der Waals surface area contributed by atoms with E-state index >= 15 is 0 Å². The maximum atomic E-state index is 12.7. The number of carbonyl (C=O) groups is 1. The molecule has 0 aliphatic carbocycles. The lowest BCUT2D eigenvalue weighted by Gasteiger charge is -2.20. The van der Waals surface area contributed by atoms with Crippen molar-refractivity contribution in [1.29, 1.82) is 0 Å².